The maximum Gasteiger partial charge on any atom is 0.0234 e. The number of aryl methyl sites for hydroxylation is 2. The van der Waals surface area contributed by atoms with Crippen molar-refractivity contribution in [1.82, 2.24) is 0 Å². The van der Waals surface area contributed by atoms with Crippen LogP contribution in [0.3, 0.4) is 0 Å². The lowest BCUT2D eigenvalue weighted by Gasteiger charge is -2.35. The standard InChI is InChI=1S/C67H75Br/c1-9-11-13-15-17-21-35-67(36-22-18-16-14-12-10-2)58-24-20-19-23-52(58)57-34-28-49(43-63(57)67)48-27-32-54-53-30-25-46(39-59(53)65(5,6)61(54)41-48)47-26-31-55-56-33-29-50(42-62(56)66(7,8)60(55)40-47)51-37-44(3)64(68)45(4)38-51/h20,24-34,37-43H,9-19,21-23,35-36H2,1-8H3. The van der Waals surface area contributed by atoms with E-state index in [1.165, 1.54) is 196 Å². The third-order valence-corrected chi connectivity index (χ3v) is 18.5. The Balaban J connectivity index is 0.946. The van der Waals surface area contributed by atoms with Crippen molar-refractivity contribution >= 4 is 21.5 Å². The van der Waals surface area contributed by atoms with Gasteiger partial charge in [-0.1, -0.05) is 219 Å². The van der Waals surface area contributed by atoms with Gasteiger partial charge in [0.1, 0.15) is 0 Å². The summed E-state index contributed by atoms with van der Waals surface area (Å²) in [5, 5.41) is 0. The molecule has 68 heavy (non-hydrogen) atoms. The zero-order valence-electron chi connectivity index (χ0n) is 42.7. The van der Waals surface area contributed by atoms with Crippen molar-refractivity contribution < 1.29 is 0 Å². The van der Waals surface area contributed by atoms with Crippen molar-refractivity contribution in [1.29, 1.82) is 0 Å². The van der Waals surface area contributed by atoms with Gasteiger partial charge in [-0.15, -0.1) is 0 Å². The maximum atomic E-state index is 3.78. The number of hydrogen-bond donors (Lipinski definition) is 0. The van der Waals surface area contributed by atoms with E-state index in [1.54, 1.807) is 22.3 Å². The Morgan fingerprint density at radius 3 is 1.22 bits per heavy atom. The molecule has 0 aliphatic heterocycles. The summed E-state index contributed by atoms with van der Waals surface area (Å²) in [6.07, 6.45) is 26.2. The molecule has 0 atom stereocenters. The van der Waals surface area contributed by atoms with E-state index in [4.69, 9.17) is 0 Å². The monoisotopic (exact) mass is 959 g/mol. The van der Waals surface area contributed by atoms with Crippen LogP contribution >= 0.6 is 15.9 Å². The van der Waals surface area contributed by atoms with E-state index in [0.717, 1.165) is 0 Å². The van der Waals surface area contributed by atoms with Crippen LogP contribution in [-0.4, -0.2) is 0 Å². The summed E-state index contributed by atoms with van der Waals surface area (Å²) in [4.78, 5) is 0. The first-order valence-corrected chi connectivity index (χ1v) is 27.6. The van der Waals surface area contributed by atoms with Crippen molar-refractivity contribution in [3.8, 4) is 55.6 Å². The molecule has 1 heteroatoms. The highest BCUT2D eigenvalue weighted by Crippen LogP contribution is 2.57. The van der Waals surface area contributed by atoms with Crippen LogP contribution in [-0.2, 0) is 16.2 Å². The van der Waals surface area contributed by atoms with Gasteiger partial charge < -0.3 is 0 Å². The van der Waals surface area contributed by atoms with Crippen molar-refractivity contribution in [3.05, 3.63) is 170 Å². The summed E-state index contributed by atoms with van der Waals surface area (Å²) < 4.78 is 1.20. The van der Waals surface area contributed by atoms with Crippen LogP contribution in [0.15, 0.2) is 125 Å². The normalized spacial score (nSPS) is 16.4. The van der Waals surface area contributed by atoms with Gasteiger partial charge in [-0.25, -0.2) is 0 Å². The molecule has 4 aliphatic carbocycles. The van der Waals surface area contributed by atoms with Gasteiger partial charge in [0.15, 0.2) is 0 Å². The number of fused-ring (bicyclic) bond motifs is 8. The maximum absolute atomic E-state index is 3.78. The van der Waals surface area contributed by atoms with Gasteiger partial charge in [0.2, 0.25) is 0 Å². The highest BCUT2D eigenvalue weighted by Gasteiger charge is 2.44. The number of hydrogen-bond acceptors (Lipinski definition) is 0. The van der Waals surface area contributed by atoms with Crippen molar-refractivity contribution in [2.24, 2.45) is 0 Å². The van der Waals surface area contributed by atoms with Gasteiger partial charge in [-0.2, -0.15) is 0 Å². The SMILES string of the molecule is CCCCCCCCC1(CCCCCCCC)C2=C(CCC=C2)c2ccc(-c3ccc4c(c3)C(C)(C)c3cc(-c5ccc6c(c5)C(C)(C)c5cc(-c7cc(C)c(Br)c(C)c7)ccc5-6)ccc3-4)cc21. The quantitative estimate of drug-likeness (QED) is 0.0799. The van der Waals surface area contributed by atoms with E-state index < -0.39 is 0 Å². The predicted molar refractivity (Wildman–Crippen MR) is 298 cm³/mol. The molecule has 4 aliphatic rings. The molecule has 10 rings (SSSR count). The molecule has 0 radical (unpaired) electrons. The molecule has 6 aromatic rings. The molecule has 0 unspecified atom stereocenters. The highest BCUT2D eigenvalue weighted by molar-refractivity contribution is 9.10. The van der Waals surface area contributed by atoms with Gasteiger partial charge in [0.05, 0.1) is 0 Å². The minimum Gasteiger partial charge on any atom is -0.0839 e. The number of benzene rings is 6. The fraction of sp³-hybridized carbons (Fsp3) is 0.403. The molecule has 350 valence electrons. The fourth-order valence-corrected chi connectivity index (χ4v) is 13.5. The molecule has 0 amide bonds. The number of rotatable bonds is 17. The van der Waals surface area contributed by atoms with E-state index in [1.807, 2.05) is 0 Å². The molecule has 0 saturated carbocycles. The van der Waals surface area contributed by atoms with Gasteiger partial charge in [-0.05, 0) is 181 Å². The second-order valence-corrected chi connectivity index (χ2v) is 23.2. The lowest BCUT2D eigenvalue weighted by Crippen LogP contribution is -2.27. The van der Waals surface area contributed by atoms with E-state index in [0.29, 0.717) is 0 Å². The average molecular weight is 960 g/mol. The molecule has 0 aromatic heterocycles. The zero-order valence-corrected chi connectivity index (χ0v) is 44.2. The number of halogens is 1. The van der Waals surface area contributed by atoms with E-state index in [2.05, 4.69) is 187 Å². The summed E-state index contributed by atoms with van der Waals surface area (Å²) in [5.41, 5.74) is 28.1. The summed E-state index contributed by atoms with van der Waals surface area (Å²) in [5.74, 6) is 0. The van der Waals surface area contributed by atoms with Crippen LogP contribution in [0.2, 0.25) is 0 Å². The fourth-order valence-electron chi connectivity index (χ4n) is 13.3. The molecule has 0 bridgehead atoms. The van der Waals surface area contributed by atoms with Crippen LogP contribution in [0.4, 0.5) is 0 Å². The Labute approximate surface area is 418 Å². The highest BCUT2D eigenvalue weighted by atomic mass is 79.9. The molecular formula is C67H75Br. The lowest BCUT2D eigenvalue weighted by molar-refractivity contribution is 0.394. The second kappa shape index (κ2) is 18.9. The Bertz CT molecular complexity index is 2920. The Morgan fingerprint density at radius 2 is 0.794 bits per heavy atom. The van der Waals surface area contributed by atoms with Crippen LogP contribution in [0.5, 0.6) is 0 Å². The van der Waals surface area contributed by atoms with E-state index >= 15 is 0 Å². The molecule has 0 N–H and O–H groups in total. The Kier molecular flexibility index (Phi) is 13.0. The summed E-state index contributed by atoms with van der Waals surface area (Å²) >= 11 is 3.78. The zero-order chi connectivity index (χ0) is 47.4. The number of unbranched alkanes of at least 4 members (excludes halogenated alkanes) is 10. The predicted octanol–water partition coefficient (Wildman–Crippen LogP) is 20.5. The van der Waals surface area contributed by atoms with E-state index in [9.17, 15) is 0 Å². The Hall–Kier alpha value is -4.72. The van der Waals surface area contributed by atoms with Crippen LogP contribution < -0.4 is 0 Å². The third kappa shape index (κ3) is 8.15. The van der Waals surface area contributed by atoms with Gasteiger partial charge in [0.25, 0.3) is 0 Å². The topological polar surface area (TPSA) is 0 Å². The first kappa shape index (κ1) is 47.0. The third-order valence-electron chi connectivity index (χ3n) is 17.2. The molecular weight excluding hydrogens is 885 g/mol. The summed E-state index contributed by atoms with van der Waals surface area (Å²) in [7, 11) is 0. The molecule has 0 saturated heterocycles. The molecule has 0 fully saturated rings. The molecule has 6 aromatic carbocycles. The first-order valence-electron chi connectivity index (χ1n) is 26.8. The van der Waals surface area contributed by atoms with Gasteiger partial charge >= 0.3 is 0 Å². The van der Waals surface area contributed by atoms with Gasteiger partial charge in [0, 0.05) is 20.7 Å². The smallest absolute Gasteiger partial charge is 0.0234 e. The second-order valence-electron chi connectivity index (χ2n) is 22.4. The Morgan fingerprint density at radius 1 is 0.426 bits per heavy atom. The lowest BCUT2D eigenvalue weighted by atomic mass is 9.68. The summed E-state index contributed by atoms with van der Waals surface area (Å²) in [6.45, 7) is 18.8. The number of allylic oxidation sites excluding steroid dienone is 4. The average Bonchev–Trinajstić information content (AvgIpc) is 3.85. The minimum absolute atomic E-state index is 0.107. The largest absolute Gasteiger partial charge is 0.0839 e. The van der Waals surface area contributed by atoms with Crippen LogP contribution in [0.1, 0.15) is 189 Å². The van der Waals surface area contributed by atoms with Crippen molar-refractivity contribution in [3.63, 3.8) is 0 Å². The first-order chi connectivity index (χ1) is 32.9. The van der Waals surface area contributed by atoms with Crippen LogP contribution in [0, 0.1) is 13.8 Å². The molecule has 0 heterocycles. The molecule has 0 spiro atoms. The van der Waals surface area contributed by atoms with Crippen molar-refractivity contribution in [2.75, 3.05) is 0 Å². The van der Waals surface area contributed by atoms with Crippen LogP contribution in [0.25, 0.3) is 61.2 Å². The van der Waals surface area contributed by atoms with E-state index in [-0.39, 0.29) is 16.2 Å². The minimum atomic E-state index is -0.121. The molecule has 0 nitrogen and oxygen atoms in total. The van der Waals surface area contributed by atoms with Crippen molar-refractivity contribution in [2.45, 2.75) is 174 Å². The van der Waals surface area contributed by atoms with Gasteiger partial charge in [-0.3, -0.25) is 0 Å². The summed E-state index contributed by atoms with van der Waals surface area (Å²) in [6, 6.07) is 41.4.